The first-order valence-electron chi connectivity index (χ1n) is 5.63. The second kappa shape index (κ2) is 5.53. The highest BCUT2D eigenvalue weighted by atomic mass is 35.5. The molecule has 88 valence electrons. The van der Waals surface area contributed by atoms with Crippen molar-refractivity contribution in [2.45, 2.75) is 6.92 Å². The molecule has 1 nitrogen and oxygen atoms in total. The number of halogens is 1. The van der Waals surface area contributed by atoms with E-state index in [1.807, 2.05) is 49.4 Å². The number of allylic oxidation sites excluding steroid dienone is 1. The monoisotopic (exact) mass is 253 g/mol. The summed E-state index contributed by atoms with van der Waals surface area (Å²) in [6.07, 6.45) is 1.88. The molecule has 0 bridgehead atoms. The highest BCUT2D eigenvalue weighted by molar-refractivity contribution is 6.30. The van der Waals surface area contributed by atoms with Crippen LogP contribution < -0.4 is 0 Å². The Bertz CT molecular complexity index is 601. The molecule has 0 atom stereocenters. The molecule has 18 heavy (non-hydrogen) atoms. The van der Waals surface area contributed by atoms with E-state index in [2.05, 4.69) is 6.07 Å². The lowest BCUT2D eigenvalue weighted by Gasteiger charge is -2.00. The first kappa shape index (κ1) is 12.4. The Morgan fingerprint density at radius 1 is 1.06 bits per heavy atom. The zero-order valence-corrected chi connectivity index (χ0v) is 10.8. The van der Waals surface area contributed by atoms with E-state index in [-0.39, 0.29) is 0 Å². The molecule has 0 aliphatic heterocycles. The van der Waals surface area contributed by atoms with Gasteiger partial charge in [-0.25, -0.2) is 0 Å². The molecular formula is C16H12ClN. The second-order valence-electron chi connectivity index (χ2n) is 4.09. The smallest absolute Gasteiger partial charge is 0.0998 e. The van der Waals surface area contributed by atoms with Crippen molar-refractivity contribution in [1.29, 1.82) is 5.26 Å². The molecule has 0 unspecified atom stereocenters. The van der Waals surface area contributed by atoms with Crippen LogP contribution in [-0.2, 0) is 0 Å². The number of aryl methyl sites for hydroxylation is 1. The van der Waals surface area contributed by atoms with Gasteiger partial charge < -0.3 is 0 Å². The summed E-state index contributed by atoms with van der Waals surface area (Å²) >= 11 is 5.83. The second-order valence-corrected chi connectivity index (χ2v) is 4.52. The van der Waals surface area contributed by atoms with Gasteiger partial charge >= 0.3 is 0 Å². The van der Waals surface area contributed by atoms with Crippen molar-refractivity contribution in [2.24, 2.45) is 0 Å². The summed E-state index contributed by atoms with van der Waals surface area (Å²) in [4.78, 5) is 0. The fourth-order valence-corrected chi connectivity index (χ4v) is 1.76. The maximum absolute atomic E-state index is 9.21. The van der Waals surface area contributed by atoms with Gasteiger partial charge in [0.1, 0.15) is 0 Å². The Morgan fingerprint density at radius 2 is 1.67 bits per heavy atom. The fraction of sp³-hybridized carbons (Fsp3) is 0.0625. The van der Waals surface area contributed by atoms with Crippen molar-refractivity contribution in [2.75, 3.05) is 0 Å². The predicted octanol–water partition coefficient (Wildman–Crippen LogP) is 4.71. The van der Waals surface area contributed by atoms with Crippen LogP contribution in [0.4, 0.5) is 0 Å². The summed E-state index contributed by atoms with van der Waals surface area (Å²) in [5.41, 5.74) is 3.74. The molecule has 0 aromatic heterocycles. The summed E-state index contributed by atoms with van der Waals surface area (Å²) in [6, 6.07) is 17.6. The molecule has 0 saturated heterocycles. The van der Waals surface area contributed by atoms with Gasteiger partial charge in [0.25, 0.3) is 0 Å². The molecule has 2 rings (SSSR count). The third kappa shape index (κ3) is 3.00. The molecule has 0 aliphatic rings. The van der Waals surface area contributed by atoms with Gasteiger partial charge in [0, 0.05) is 5.02 Å². The van der Waals surface area contributed by atoms with E-state index >= 15 is 0 Å². The molecule has 0 radical (unpaired) electrons. The number of nitriles is 1. The molecule has 0 saturated carbocycles. The van der Waals surface area contributed by atoms with Crippen LogP contribution in [0.5, 0.6) is 0 Å². The lowest BCUT2D eigenvalue weighted by atomic mass is 10.0. The van der Waals surface area contributed by atoms with Crippen LogP contribution in [0.3, 0.4) is 0 Å². The highest BCUT2D eigenvalue weighted by Gasteiger charge is 2.00. The van der Waals surface area contributed by atoms with Crippen LogP contribution >= 0.6 is 11.6 Å². The van der Waals surface area contributed by atoms with E-state index in [1.165, 1.54) is 5.56 Å². The van der Waals surface area contributed by atoms with Gasteiger partial charge in [-0.3, -0.25) is 0 Å². The first-order chi connectivity index (χ1) is 8.69. The maximum Gasteiger partial charge on any atom is 0.0998 e. The summed E-state index contributed by atoms with van der Waals surface area (Å²) in [6.45, 7) is 2.04. The van der Waals surface area contributed by atoms with Gasteiger partial charge in [0.05, 0.1) is 11.6 Å². The number of hydrogen-bond donors (Lipinski definition) is 0. The Kier molecular flexibility index (Phi) is 3.82. The molecule has 0 heterocycles. The van der Waals surface area contributed by atoms with Crippen LogP contribution in [0.25, 0.3) is 11.6 Å². The van der Waals surface area contributed by atoms with E-state index in [4.69, 9.17) is 11.6 Å². The SMILES string of the molecule is Cc1ccc(/C=C(\C#N)c2ccc(Cl)cc2)cc1. The summed E-state index contributed by atoms with van der Waals surface area (Å²) in [7, 11) is 0. The maximum atomic E-state index is 9.21. The standard InChI is InChI=1S/C16H12ClN/c1-12-2-4-13(5-3-12)10-15(11-18)14-6-8-16(17)9-7-14/h2-10H,1H3/b15-10+. The van der Waals surface area contributed by atoms with Gasteiger partial charge in [-0.1, -0.05) is 53.6 Å². The zero-order chi connectivity index (χ0) is 13.0. The van der Waals surface area contributed by atoms with Gasteiger partial charge in [-0.05, 0) is 36.3 Å². The Hall–Kier alpha value is -2.04. The van der Waals surface area contributed by atoms with E-state index in [1.54, 1.807) is 12.1 Å². The van der Waals surface area contributed by atoms with Gasteiger partial charge in [0.2, 0.25) is 0 Å². The quantitative estimate of drug-likeness (QED) is 0.562. The molecular weight excluding hydrogens is 242 g/mol. The molecule has 0 aliphatic carbocycles. The van der Waals surface area contributed by atoms with Crippen molar-refractivity contribution in [3.05, 3.63) is 70.2 Å². The Labute approximate surface area is 112 Å². The third-order valence-corrected chi connectivity index (χ3v) is 2.92. The van der Waals surface area contributed by atoms with Crippen LogP contribution in [0, 0.1) is 18.3 Å². The average molecular weight is 254 g/mol. The Balaban J connectivity index is 2.37. The lowest BCUT2D eigenvalue weighted by molar-refractivity contribution is 1.46. The minimum atomic E-state index is 0.635. The predicted molar refractivity (Wildman–Crippen MR) is 76.1 cm³/mol. The van der Waals surface area contributed by atoms with Gasteiger partial charge in [-0.2, -0.15) is 5.26 Å². The minimum Gasteiger partial charge on any atom is -0.192 e. The van der Waals surface area contributed by atoms with E-state index in [0.717, 1.165) is 11.1 Å². The zero-order valence-electron chi connectivity index (χ0n) is 10.0. The Morgan fingerprint density at radius 3 is 2.22 bits per heavy atom. The van der Waals surface area contributed by atoms with Crippen molar-refractivity contribution >= 4 is 23.3 Å². The van der Waals surface area contributed by atoms with Crippen molar-refractivity contribution in [1.82, 2.24) is 0 Å². The number of rotatable bonds is 2. The number of benzene rings is 2. The van der Waals surface area contributed by atoms with Crippen LogP contribution in [0.15, 0.2) is 48.5 Å². The van der Waals surface area contributed by atoms with Gasteiger partial charge in [-0.15, -0.1) is 0 Å². The molecule has 2 aromatic carbocycles. The molecule has 2 aromatic rings. The van der Waals surface area contributed by atoms with Crippen molar-refractivity contribution in [3.63, 3.8) is 0 Å². The van der Waals surface area contributed by atoms with E-state index in [0.29, 0.717) is 10.6 Å². The fourth-order valence-electron chi connectivity index (χ4n) is 1.64. The van der Waals surface area contributed by atoms with Crippen LogP contribution in [0.2, 0.25) is 5.02 Å². The minimum absolute atomic E-state index is 0.635. The third-order valence-electron chi connectivity index (χ3n) is 2.66. The summed E-state index contributed by atoms with van der Waals surface area (Å²) in [5, 5.41) is 9.89. The van der Waals surface area contributed by atoms with Crippen molar-refractivity contribution in [3.8, 4) is 6.07 Å². The summed E-state index contributed by atoms with van der Waals surface area (Å²) < 4.78 is 0. The summed E-state index contributed by atoms with van der Waals surface area (Å²) in [5.74, 6) is 0. The lowest BCUT2D eigenvalue weighted by Crippen LogP contribution is -1.82. The average Bonchev–Trinajstić information content (AvgIpc) is 2.39. The van der Waals surface area contributed by atoms with Gasteiger partial charge in [0.15, 0.2) is 0 Å². The first-order valence-corrected chi connectivity index (χ1v) is 6.01. The topological polar surface area (TPSA) is 23.8 Å². The van der Waals surface area contributed by atoms with E-state index < -0.39 is 0 Å². The molecule has 0 amide bonds. The number of hydrogen-bond acceptors (Lipinski definition) is 1. The molecule has 0 spiro atoms. The van der Waals surface area contributed by atoms with Crippen LogP contribution in [-0.4, -0.2) is 0 Å². The molecule has 0 N–H and O–H groups in total. The normalized spacial score (nSPS) is 11.1. The van der Waals surface area contributed by atoms with Crippen molar-refractivity contribution < 1.29 is 0 Å². The van der Waals surface area contributed by atoms with E-state index in [9.17, 15) is 5.26 Å². The largest absolute Gasteiger partial charge is 0.192 e. The molecule has 0 fully saturated rings. The number of nitrogens with zero attached hydrogens (tertiary/aromatic N) is 1. The highest BCUT2D eigenvalue weighted by Crippen LogP contribution is 2.20. The van der Waals surface area contributed by atoms with Crippen LogP contribution in [0.1, 0.15) is 16.7 Å². The molecule has 2 heteroatoms.